The molecule has 0 unspecified atom stereocenters. The molecule has 8 atom stereocenters. The van der Waals surface area contributed by atoms with Gasteiger partial charge in [0.15, 0.2) is 0 Å². The second kappa shape index (κ2) is 8.18. The summed E-state index contributed by atoms with van der Waals surface area (Å²) in [6.45, 7) is 17.0. The summed E-state index contributed by atoms with van der Waals surface area (Å²) < 4.78 is 0. The summed E-state index contributed by atoms with van der Waals surface area (Å²) in [5.41, 5.74) is 2.12. The van der Waals surface area contributed by atoms with E-state index < -0.39 is 0 Å². The molecule has 0 aliphatic heterocycles. The van der Waals surface area contributed by atoms with E-state index in [4.69, 9.17) is 6.42 Å². The topological polar surface area (TPSA) is 20.2 Å². The van der Waals surface area contributed by atoms with Gasteiger partial charge in [-0.3, -0.25) is 0 Å². The van der Waals surface area contributed by atoms with Gasteiger partial charge >= 0.3 is 0 Å². The summed E-state index contributed by atoms with van der Waals surface area (Å²) in [4.78, 5) is 0. The van der Waals surface area contributed by atoms with E-state index in [1.807, 2.05) is 0 Å². The highest BCUT2D eigenvalue weighted by molar-refractivity contribution is 5.41. The minimum absolute atomic E-state index is 0.0117. The molecule has 1 heteroatoms. The van der Waals surface area contributed by atoms with Gasteiger partial charge < -0.3 is 5.11 Å². The van der Waals surface area contributed by atoms with Crippen LogP contribution in [0.1, 0.15) is 113 Å². The second-order valence-electron chi connectivity index (χ2n) is 13.8. The Hall–Kier alpha value is -0.740. The molecule has 3 fully saturated rings. The molecular weight excluding hydrogens is 388 g/mol. The summed E-state index contributed by atoms with van der Waals surface area (Å²) in [6, 6.07) is 0. The first kappa shape index (κ1) is 24.4. The van der Waals surface area contributed by atoms with Gasteiger partial charge in [-0.25, -0.2) is 0 Å². The number of hydrogen-bond donors (Lipinski definition) is 1. The maximum absolute atomic E-state index is 10.8. The zero-order chi connectivity index (χ0) is 23.5. The smallest absolute Gasteiger partial charge is 0.0594 e. The third-order valence-corrected chi connectivity index (χ3v) is 11.7. The van der Waals surface area contributed by atoms with Gasteiger partial charge in [0.2, 0.25) is 0 Å². The molecule has 0 heterocycles. The molecule has 0 saturated heterocycles. The van der Waals surface area contributed by atoms with Crippen LogP contribution in [-0.4, -0.2) is 11.2 Å². The van der Waals surface area contributed by atoms with Crippen molar-refractivity contribution in [3.05, 3.63) is 11.6 Å². The van der Waals surface area contributed by atoms with Crippen molar-refractivity contribution >= 4 is 0 Å². The number of hydrogen-bond acceptors (Lipinski definition) is 1. The van der Waals surface area contributed by atoms with Gasteiger partial charge in [-0.1, -0.05) is 85.3 Å². The lowest BCUT2D eigenvalue weighted by Crippen LogP contribution is -2.58. The Morgan fingerprint density at radius 3 is 2.41 bits per heavy atom. The van der Waals surface area contributed by atoms with Crippen LogP contribution in [0.25, 0.3) is 0 Å². The van der Waals surface area contributed by atoms with Crippen molar-refractivity contribution in [1.82, 2.24) is 0 Å². The van der Waals surface area contributed by atoms with Gasteiger partial charge in [0.25, 0.3) is 0 Å². The van der Waals surface area contributed by atoms with Gasteiger partial charge in [0.1, 0.15) is 0 Å². The molecule has 4 aliphatic rings. The number of allylic oxidation sites excluding steroid dienone is 2. The highest BCUT2D eigenvalue weighted by Gasteiger charge is 2.66. The van der Waals surface area contributed by atoms with E-state index in [9.17, 15) is 5.11 Å². The van der Waals surface area contributed by atoms with Gasteiger partial charge in [-0.15, -0.1) is 6.42 Å². The number of rotatable bonds is 5. The van der Waals surface area contributed by atoms with Gasteiger partial charge in [0.05, 0.1) is 11.5 Å². The number of aliphatic hydroxyl groups excluding tert-OH is 1. The molecule has 0 amide bonds. The predicted octanol–water partition coefficient (Wildman–Crippen LogP) is 8.03. The molecule has 0 spiro atoms. The molecule has 4 aliphatic carbocycles. The SMILES string of the molecule is C#C[C@@]12CC[C@H]([C@H](C)CCCC(C)C)[C@@]1(C)CC[C@H]1C2=CC[C@H]2C(C)(C)[C@@H](O)CC[C@]12C. The van der Waals surface area contributed by atoms with Gasteiger partial charge in [0, 0.05) is 0 Å². The van der Waals surface area contributed by atoms with Crippen molar-refractivity contribution in [2.75, 3.05) is 0 Å². The molecule has 0 aromatic carbocycles. The molecule has 0 bridgehead atoms. The maximum atomic E-state index is 10.8. The third-order valence-electron chi connectivity index (χ3n) is 11.7. The highest BCUT2D eigenvalue weighted by atomic mass is 16.3. The van der Waals surface area contributed by atoms with Crippen LogP contribution in [0.4, 0.5) is 0 Å². The zero-order valence-electron chi connectivity index (χ0n) is 22.1. The lowest BCUT2D eigenvalue weighted by atomic mass is 9.40. The standard InChI is InChI=1S/C31H50O/c1-9-31-20-16-23(22(4)12-10-11-21(2)3)30(31,8)19-15-24-25(31)13-14-26-28(5,6)27(32)17-18-29(24,26)7/h1,13,21-24,26-27,32H,10-12,14-20H2,2-8H3/t22-,23-,24+,26+,27+,29-,30-,31+/m1/s1. The number of fused-ring (bicyclic) bond motifs is 5. The first-order valence-electron chi connectivity index (χ1n) is 13.8. The van der Waals surface area contributed by atoms with E-state index >= 15 is 0 Å². The second-order valence-corrected chi connectivity index (χ2v) is 13.8. The Morgan fingerprint density at radius 1 is 1.03 bits per heavy atom. The van der Waals surface area contributed by atoms with Crippen molar-refractivity contribution in [2.24, 2.45) is 51.2 Å². The van der Waals surface area contributed by atoms with Crippen molar-refractivity contribution < 1.29 is 5.11 Å². The van der Waals surface area contributed by atoms with Crippen molar-refractivity contribution in [1.29, 1.82) is 0 Å². The van der Waals surface area contributed by atoms with Crippen LogP contribution < -0.4 is 0 Å². The van der Waals surface area contributed by atoms with Crippen molar-refractivity contribution in [3.63, 3.8) is 0 Å². The summed E-state index contributed by atoms with van der Waals surface area (Å²) in [5, 5.41) is 10.8. The Bertz CT molecular complexity index is 783. The Labute approximate surface area is 199 Å². The molecule has 3 saturated carbocycles. The minimum Gasteiger partial charge on any atom is -0.393 e. The van der Waals surface area contributed by atoms with Gasteiger partial charge in [-0.05, 0) is 90.8 Å². The summed E-state index contributed by atoms with van der Waals surface area (Å²) in [5.74, 6) is 6.99. The van der Waals surface area contributed by atoms with E-state index in [0.29, 0.717) is 11.8 Å². The van der Waals surface area contributed by atoms with Crippen LogP contribution in [0.2, 0.25) is 0 Å². The van der Waals surface area contributed by atoms with Crippen LogP contribution in [-0.2, 0) is 0 Å². The fourth-order valence-electron chi connectivity index (χ4n) is 9.66. The minimum atomic E-state index is -0.173. The number of terminal acetylenes is 1. The molecule has 32 heavy (non-hydrogen) atoms. The molecule has 0 aromatic rings. The summed E-state index contributed by atoms with van der Waals surface area (Å²) in [7, 11) is 0. The van der Waals surface area contributed by atoms with E-state index in [1.54, 1.807) is 5.57 Å². The van der Waals surface area contributed by atoms with Crippen LogP contribution in [0.15, 0.2) is 11.6 Å². The Balaban J connectivity index is 1.65. The maximum Gasteiger partial charge on any atom is 0.0594 e. The van der Waals surface area contributed by atoms with E-state index in [-0.39, 0.29) is 27.8 Å². The van der Waals surface area contributed by atoms with E-state index in [0.717, 1.165) is 37.0 Å². The lowest BCUT2D eigenvalue weighted by Gasteiger charge is -2.63. The van der Waals surface area contributed by atoms with Crippen molar-refractivity contribution in [3.8, 4) is 12.3 Å². The quantitative estimate of drug-likeness (QED) is 0.340. The van der Waals surface area contributed by atoms with Crippen molar-refractivity contribution in [2.45, 2.75) is 119 Å². The Morgan fingerprint density at radius 2 is 1.75 bits per heavy atom. The molecular formula is C31H50O. The van der Waals surface area contributed by atoms with Crippen LogP contribution >= 0.6 is 0 Å². The van der Waals surface area contributed by atoms with Gasteiger partial charge in [-0.2, -0.15) is 0 Å². The Kier molecular flexibility index (Phi) is 6.24. The fraction of sp³-hybridized carbons (Fsp3) is 0.871. The molecule has 0 aromatic heterocycles. The average molecular weight is 439 g/mol. The summed E-state index contributed by atoms with van der Waals surface area (Å²) >= 11 is 0. The van der Waals surface area contributed by atoms with E-state index in [1.165, 1.54) is 44.9 Å². The molecule has 4 rings (SSSR count). The lowest BCUT2D eigenvalue weighted by molar-refractivity contribution is -0.128. The third kappa shape index (κ3) is 3.29. The highest BCUT2D eigenvalue weighted by Crippen LogP contribution is 2.73. The molecule has 180 valence electrons. The zero-order valence-corrected chi connectivity index (χ0v) is 22.1. The van der Waals surface area contributed by atoms with Crippen LogP contribution in [0.5, 0.6) is 0 Å². The average Bonchev–Trinajstić information content (AvgIpc) is 3.04. The first-order valence-corrected chi connectivity index (χ1v) is 13.8. The molecule has 0 radical (unpaired) electrons. The van der Waals surface area contributed by atoms with Crippen LogP contribution in [0, 0.1) is 63.6 Å². The molecule has 1 N–H and O–H groups in total. The fourth-order valence-corrected chi connectivity index (χ4v) is 9.66. The largest absolute Gasteiger partial charge is 0.393 e. The van der Waals surface area contributed by atoms with E-state index in [2.05, 4.69) is 60.5 Å². The normalized spacial score (nSPS) is 45.9. The number of aliphatic hydroxyl groups is 1. The predicted molar refractivity (Wildman–Crippen MR) is 136 cm³/mol. The van der Waals surface area contributed by atoms with Crippen LogP contribution in [0.3, 0.4) is 0 Å². The first-order chi connectivity index (χ1) is 14.9. The monoisotopic (exact) mass is 438 g/mol. The molecule has 1 nitrogen and oxygen atoms in total. The summed E-state index contributed by atoms with van der Waals surface area (Å²) in [6.07, 6.45) is 21.3.